The lowest BCUT2D eigenvalue weighted by atomic mass is 10.2. The van der Waals surface area contributed by atoms with Crippen molar-refractivity contribution in [2.45, 2.75) is 24.2 Å². The number of rotatable bonds is 5. The zero-order valence-corrected chi connectivity index (χ0v) is 15.9. The third kappa shape index (κ3) is 3.90. The van der Waals surface area contributed by atoms with E-state index in [1.54, 1.807) is 0 Å². The maximum Gasteiger partial charge on any atom is 0.272 e. The molecule has 1 amide bonds. The van der Waals surface area contributed by atoms with Gasteiger partial charge in [-0.25, -0.2) is 12.8 Å². The molecule has 1 fully saturated rings. The lowest BCUT2D eigenvalue weighted by molar-refractivity contribution is -0.384. The predicted molar refractivity (Wildman–Crippen MR) is 99.0 cm³/mol. The van der Waals surface area contributed by atoms with Gasteiger partial charge in [-0.2, -0.15) is 4.31 Å². The second kappa shape index (κ2) is 7.68. The van der Waals surface area contributed by atoms with Gasteiger partial charge in [0.2, 0.25) is 10.0 Å². The van der Waals surface area contributed by atoms with Crippen LogP contribution in [0.5, 0.6) is 0 Å². The number of nitrogens with one attached hydrogen (secondary N) is 1. The van der Waals surface area contributed by atoms with E-state index < -0.39 is 26.7 Å². The van der Waals surface area contributed by atoms with Crippen molar-refractivity contribution in [3.8, 4) is 0 Å². The molecule has 1 saturated heterocycles. The van der Waals surface area contributed by atoms with Crippen LogP contribution in [0, 0.1) is 15.9 Å². The number of amides is 1. The van der Waals surface area contributed by atoms with Crippen LogP contribution in [0.15, 0.2) is 35.4 Å². The van der Waals surface area contributed by atoms with E-state index in [0.717, 1.165) is 37.5 Å². The lowest BCUT2D eigenvalue weighted by Crippen LogP contribution is -2.35. The van der Waals surface area contributed by atoms with Gasteiger partial charge in [-0.15, -0.1) is 0 Å². The zero-order chi connectivity index (χ0) is 20.5. The van der Waals surface area contributed by atoms with Crippen LogP contribution in [-0.2, 0) is 17.1 Å². The average Bonchev–Trinajstić information content (AvgIpc) is 3.06. The van der Waals surface area contributed by atoms with Gasteiger partial charge in [0, 0.05) is 38.5 Å². The van der Waals surface area contributed by atoms with Gasteiger partial charge in [0.25, 0.3) is 11.6 Å². The monoisotopic (exact) mass is 410 g/mol. The molecule has 1 aromatic heterocycles. The second-order valence-corrected chi connectivity index (χ2v) is 8.45. The number of nitro groups is 1. The van der Waals surface area contributed by atoms with Crippen LogP contribution in [0.4, 0.5) is 15.8 Å². The highest BCUT2D eigenvalue weighted by atomic mass is 32.2. The van der Waals surface area contributed by atoms with Gasteiger partial charge >= 0.3 is 0 Å². The predicted octanol–water partition coefficient (Wildman–Crippen LogP) is 2.50. The summed E-state index contributed by atoms with van der Waals surface area (Å²) >= 11 is 0. The fourth-order valence-corrected chi connectivity index (χ4v) is 4.65. The van der Waals surface area contributed by atoms with Gasteiger partial charge in [0.15, 0.2) is 0 Å². The van der Waals surface area contributed by atoms with Crippen LogP contribution in [0.2, 0.25) is 0 Å². The van der Waals surface area contributed by atoms with Crippen LogP contribution in [0.3, 0.4) is 0 Å². The van der Waals surface area contributed by atoms with Crippen molar-refractivity contribution in [1.29, 1.82) is 0 Å². The topological polar surface area (TPSA) is 115 Å². The van der Waals surface area contributed by atoms with Gasteiger partial charge in [0.1, 0.15) is 16.4 Å². The molecule has 0 radical (unpaired) electrons. The van der Waals surface area contributed by atoms with Gasteiger partial charge in [0.05, 0.1) is 10.6 Å². The molecule has 1 N–H and O–H groups in total. The normalized spacial score (nSPS) is 15.4. The zero-order valence-electron chi connectivity index (χ0n) is 15.1. The number of nitrogens with zero attached hydrogens (tertiary/aromatic N) is 3. The molecule has 11 heteroatoms. The lowest BCUT2D eigenvalue weighted by Gasteiger charge is -2.25. The molecular formula is C17H19FN4O5S. The van der Waals surface area contributed by atoms with Crippen LogP contribution < -0.4 is 5.32 Å². The third-order valence-corrected chi connectivity index (χ3v) is 6.44. The Bertz CT molecular complexity index is 1030. The largest absolute Gasteiger partial charge is 0.345 e. The van der Waals surface area contributed by atoms with E-state index in [1.165, 1.54) is 28.2 Å². The Morgan fingerprint density at radius 2 is 1.89 bits per heavy atom. The minimum atomic E-state index is -3.73. The fraction of sp³-hybridized carbons (Fsp3) is 0.353. The number of aromatic nitrogens is 1. The summed E-state index contributed by atoms with van der Waals surface area (Å²) in [7, 11) is -2.23. The fourth-order valence-electron chi connectivity index (χ4n) is 3.06. The first-order valence-corrected chi connectivity index (χ1v) is 10.1. The number of carbonyl (C=O) groups is 1. The van der Waals surface area contributed by atoms with Gasteiger partial charge < -0.3 is 9.88 Å². The Morgan fingerprint density at radius 1 is 1.21 bits per heavy atom. The highest BCUT2D eigenvalue weighted by Gasteiger charge is 2.28. The first kappa shape index (κ1) is 20.0. The molecule has 1 aliphatic heterocycles. The van der Waals surface area contributed by atoms with E-state index in [-0.39, 0.29) is 22.0 Å². The first-order chi connectivity index (χ1) is 13.2. The Morgan fingerprint density at radius 3 is 2.54 bits per heavy atom. The molecule has 2 heterocycles. The van der Waals surface area contributed by atoms with Crippen molar-refractivity contribution in [2.75, 3.05) is 18.4 Å². The van der Waals surface area contributed by atoms with Crippen molar-refractivity contribution < 1.29 is 22.5 Å². The minimum absolute atomic E-state index is 0.0125. The number of sulfonamides is 1. The number of piperidine rings is 1. The number of carbonyl (C=O) groups excluding carboxylic acids is 1. The van der Waals surface area contributed by atoms with Crippen LogP contribution in [-0.4, -0.2) is 41.2 Å². The number of hydrogen-bond donors (Lipinski definition) is 1. The standard InChI is InChI=1S/C17H19FN4O5S/c1-20-11-13(28(26,27)21-7-3-2-4-8-21)10-16(20)17(23)19-15-9-12(22(24)25)5-6-14(15)18/h5-6,9-11H,2-4,7-8H2,1H3,(H,19,23). The average molecular weight is 410 g/mol. The van der Waals surface area contributed by atoms with E-state index in [0.29, 0.717) is 13.1 Å². The van der Waals surface area contributed by atoms with Gasteiger partial charge in [-0.3, -0.25) is 14.9 Å². The summed E-state index contributed by atoms with van der Waals surface area (Å²) in [4.78, 5) is 22.6. The highest BCUT2D eigenvalue weighted by molar-refractivity contribution is 7.89. The molecule has 28 heavy (non-hydrogen) atoms. The van der Waals surface area contributed by atoms with Gasteiger partial charge in [-0.1, -0.05) is 6.42 Å². The third-order valence-electron chi connectivity index (χ3n) is 4.57. The quantitative estimate of drug-likeness (QED) is 0.601. The molecule has 9 nitrogen and oxygen atoms in total. The molecule has 0 unspecified atom stereocenters. The summed E-state index contributed by atoms with van der Waals surface area (Å²) in [6.45, 7) is 0.856. The number of aryl methyl sites for hydroxylation is 1. The summed E-state index contributed by atoms with van der Waals surface area (Å²) in [6, 6.07) is 3.98. The number of halogens is 1. The highest BCUT2D eigenvalue weighted by Crippen LogP contribution is 2.24. The molecule has 2 aromatic rings. The van der Waals surface area contributed by atoms with Crippen molar-refractivity contribution in [2.24, 2.45) is 7.05 Å². The molecular weight excluding hydrogens is 391 g/mol. The van der Waals surface area contributed by atoms with E-state index in [2.05, 4.69) is 5.32 Å². The molecule has 0 spiro atoms. The molecule has 0 atom stereocenters. The summed E-state index contributed by atoms with van der Waals surface area (Å²) < 4.78 is 42.1. The van der Waals surface area contributed by atoms with Crippen molar-refractivity contribution in [1.82, 2.24) is 8.87 Å². The summed E-state index contributed by atoms with van der Waals surface area (Å²) in [5.41, 5.74) is -0.751. The smallest absolute Gasteiger partial charge is 0.272 e. The second-order valence-electron chi connectivity index (χ2n) is 6.51. The first-order valence-electron chi connectivity index (χ1n) is 8.62. The minimum Gasteiger partial charge on any atom is -0.345 e. The molecule has 150 valence electrons. The molecule has 3 rings (SSSR count). The van der Waals surface area contributed by atoms with Crippen molar-refractivity contribution in [3.63, 3.8) is 0 Å². The van der Waals surface area contributed by atoms with Crippen LogP contribution >= 0.6 is 0 Å². The maximum absolute atomic E-state index is 13.9. The van der Waals surface area contributed by atoms with Crippen LogP contribution in [0.25, 0.3) is 0 Å². The Labute approximate surface area is 161 Å². The molecule has 1 aromatic carbocycles. The van der Waals surface area contributed by atoms with E-state index in [9.17, 15) is 27.7 Å². The van der Waals surface area contributed by atoms with Crippen molar-refractivity contribution >= 4 is 27.3 Å². The number of nitro benzene ring substituents is 1. The molecule has 1 aliphatic rings. The molecule has 0 aliphatic carbocycles. The van der Waals surface area contributed by atoms with Crippen molar-refractivity contribution in [3.05, 3.63) is 52.1 Å². The van der Waals surface area contributed by atoms with E-state index >= 15 is 0 Å². The van der Waals surface area contributed by atoms with Crippen LogP contribution in [0.1, 0.15) is 29.8 Å². The summed E-state index contributed by atoms with van der Waals surface area (Å²) in [5, 5.41) is 13.1. The Kier molecular flexibility index (Phi) is 5.47. The summed E-state index contributed by atoms with van der Waals surface area (Å²) in [5.74, 6) is -1.61. The SMILES string of the molecule is Cn1cc(S(=O)(=O)N2CCCCC2)cc1C(=O)Nc1cc([N+](=O)[O-])ccc1F. The number of hydrogen-bond acceptors (Lipinski definition) is 5. The van der Waals surface area contributed by atoms with Gasteiger partial charge in [-0.05, 0) is 25.0 Å². The Balaban J connectivity index is 1.86. The Hall–Kier alpha value is -2.79. The number of non-ortho nitro benzene ring substituents is 1. The van der Waals surface area contributed by atoms with E-state index in [4.69, 9.17) is 0 Å². The maximum atomic E-state index is 13.9. The number of anilines is 1. The number of benzene rings is 1. The molecule has 0 bridgehead atoms. The molecule has 0 saturated carbocycles. The summed E-state index contributed by atoms with van der Waals surface area (Å²) in [6.07, 6.45) is 3.86. The van der Waals surface area contributed by atoms with E-state index in [1.807, 2.05) is 0 Å².